The van der Waals surface area contributed by atoms with E-state index in [2.05, 4.69) is 0 Å². The molecular formula is C18H21N3O6. The molecule has 27 heavy (non-hydrogen) atoms. The number of H-pyrrole nitrogens is 1. The Morgan fingerprint density at radius 3 is 2.41 bits per heavy atom. The van der Waals surface area contributed by atoms with Gasteiger partial charge in [-0.05, 0) is 30.2 Å². The number of nitrogens with one attached hydrogen (secondary N) is 1. The minimum Gasteiger partial charge on any atom is -0.493 e. The summed E-state index contributed by atoms with van der Waals surface area (Å²) < 4.78 is 11.4. The van der Waals surface area contributed by atoms with Gasteiger partial charge in [0, 0.05) is 7.05 Å². The number of benzene rings is 1. The van der Waals surface area contributed by atoms with Crippen molar-refractivity contribution in [3.63, 3.8) is 0 Å². The van der Waals surface area contributed by atoms with Crippen LogP contribution < -0.4 is 21.7 Å². The van der Waals surface area contributed by atoms with Crippen LogP contribution in [0.5, 0.6) is 5.75 Å². The summed E-state index contributed by atoms with van der Waals surface area (Å²) in [5.41, 5.74) is 3.76. The number of anilines is 1. The zero-order valence-corrected chi connectivity index (χ0v) is 15.3. The Kier molecular flexibility index (Phi) is 6.17. The van der Waals surface area contributed by atoms with Crippen molar-refractivity contribution in [2.45, 2.75) is 13.8 Å². The lowest BCUT2D eigenvalue weighted by molar-refractivity contribution is 0.0474. The van der Waals surface area contributed by atoms with Crippen LogP contribution in [0.4, 0.5) is 5.82 Å². The molecule has 0 saturated heterocycles. The summed E-state index contributed by atoms with van der Waals surface area (Å²) in [6, 6.07) is 6.26. The largest absolute Gasteiger partial charge is 0.493 e. The molecule has 1 aromatic heterocycles. The van der Waals surface area contributed by atoms with Crippen molar-refractivity contribution in [2.24, 2.45) is 13.0 Å². The third-order valence-corrected chi connectivity index (χ3v) is 3.66. The molecule has 0 saturated carbocycles. The lowest BCUT2D eigenvalue weighted by Gasteiger charge is -2.10. The van der Waals surface area contributed by atoms with Crippen molar-refractivity contribution in [3.05, 3.63) is 56.2 Å². The predicted octanol–water partition coefficient (Wildman–Crippen LogP) is 0.730. The molecule has 144 valence electrons. The number of ketones is 1. The molecule has 1 heterocycles. The Morgan fingerprint density at radius 1 is 1.19 bits per heavy atom. The number of nitrogens with two attached hydrogens (primary N) is 1. The summed E-state index contributed by atoms with van der Waals surface area (Å²) in [7, 11) is 1.30. The van der Waals surface area contributed by atoms with Gasteiger partial charge < -0.3 is 15.2 Å². The molecule has 0 aliphatic carbocycles. The van der Waals surface area contributed by atoms with Crippen molar-refractivity contribution in [1.82, 2.24) is 9.55 Å². The highest BCUT2D eigenvalue weighted by Gasteiger charge is 2.20. The smallest absolute Gasteiger partial charge is 0.338 e. The van der Waals surface area contributed by atoms with E-state index in [1.165, 1.54) is 19.2 Å². The SMILES string of the molecule is CC(C)COc1ccc(C(=O)OCC(=O)c2c(N)n(C)c(=O)[nH]c2=O)cc1. The maximum absolute atomic E-state index is 12.2. The van der Waals surface area contributed by atoms with E-state index in [1.54, 1.807) is 12.1 Å². The number of Topliss-reactive ketones (excluding diaryl/α,β-unsaturated/α-hetero) is 1. The predicted molar refractivity (Wildman–Crippen MR) is 98.1 cm³/mol. The second-order valence-corrected chi connectivity index (χ2v) is 6.31. The van der Waals surface area contributed by atoms with E-state index in [0.29, 0.717) is 18.3 Å². The Balaban J connectivity index is 2.03. The van der Waals surface area contributed by atoms with Gasteiger partial charge in [-0.15, -0.1) is 0 Å². The standard InChI is InChI=1S/C18H21N3O6/c1-10(2)8-26-12-6-4-11(5-7-12)17(24)27-9-13(22)14-15(19)21(3)18(25)20-16(14)23/h4-7,10H,8-9,19H2,1-3H3,(H,20,23,25). The molecule has 0 fully saturated rings. The van der Waals surface area contributed by atoms with Crippen LogP contribution >= 0.6 is 0 Å². The molecule has 9 heteroatoms. The zero-order chi connectivity index (χ0) is 20.1. The average Bonchev–Trinajstić information content (AvgIpc) is 2.63. The zero-order valence-electron chi connectivity index (χ0n) is 15.3. The third-order valence-electron chi connectivity index (χ3n) is 3.66. The third kappa shape index (κ3) is 4.84. The minimum atomic E-state index is -0.927. The van der Waals surface area contributed by atoms with E-state index in [0.717, 1.165) is 4.57 Å². The van der Waals surface area contributed by atoms with E-state index in [-0.39, 0.29) is 11.4 Å². The van der Waals surface area contributed by atoms with E-state index < -0.39 is 35.2 Å². The van der Waals surface area contributed by atoms with Crippen molar-refractivity contribution in [1.29, 1.82) is 0 Å². The number of nitrogen functional groups attached to an aromatic ring is 1. The van der Waals surface area contributed by atoms with Gasteiger partial charge in [0.1, 0.15) is 17.1 Å². The van der Waals surface area contributed by atoms with Crippen LogP contribution in [-0.2, 0) is 11.8 Å². The summed E-state index contributed by atoms with van der Waals surface area (Å²) in [6.07, 6.45) is 0. The summed E-state index contributed by atoms with van der Waals surface area (Å²) in [5, 5.41) is 0. The fourth-order valence-corrected chi connectivity index (χ4v) is 2.14. The molecule has 0 aliphatic rings. The first kappa shape index (κ1) is 20.0. The number of hydrogen-bond donors (Lipinski definition) is 2. The number of ether oxygens (including phenoxy) is 2. The van der Waals surface area contributed by atoms with Crippen LogP contribution in [0.25, 0.3) is 0 Å². The Labute approximate surface area is 154 Å². The molecule has 0 aliphatic heterocycles. The molecule has 0 spiro atoms. The Hall–Kier alpha value is -3.36. The van der Waals surface area contributed by atoms with E-state index in [4.69, 9.17) is 15.2 Å². The van der Waals surface area contributed by atoms with Gasteiger partial charge in [-0.25, -0.2) is 9.59 Å². The lowest BCUT2D eigenvalue weighted by Crippen LogP contribution is -2.35. The molecule has 3 N–H and O–H groups in total. The van der Waals surface area contributed by atoms with Crippen LogP contribution in [0, 0.1) is 5.92 Å². The fraction of sp³-hybridized carbons (Fsp3) is 0.333. The quantitative estimate of drug-likeness (QED) is 0.538. The number of aromatic amines is 1. The number of rotatable bonds is 7. The van der Waals surface area contributed by atoms with Crippen molar-refractivity contribution < 1.29 is 19.1 Å². The molecule has 9 nitrogen and oxygen atoms in total. The maximum Gasteiger partial charge on any atom is 0.338 e. The van der Waals surface area contributed by atoms with Gasteiger partial charge in [0.05, 0.1) is 12.2 Å². The van der Waals surface area contributed by atoms with Gasteiger partial charge in [-0.3, -0.25) is 19.1 Å². The second-order valence-electron chi connectivity index (χ2n) is 6.31. The van der Waals surface area contributed by atoms with Crippen LogP contribution in [0.3, 0.4) is 0 Å². The molecule has 2 rings (SSSR count). The molecule has 0 amide bonds. The minimum absolute atomic E-state index is 0.224. The molecule has 2 aromatic rings. The molecule has 0 unspecified atom stereocenters. The van der Waals surface area contributed by atoms with Crippen molar-refractivity contribution in [3.8, 4) is 5.75 Å². The number of hydrogen-bond acceptors (Lipinski definition) is 7. The monoisotopic (exact) mass is 375 g/mol. The summed E-state index contributed by atoms with van der Waals surface area (Å²) in [4.78, 5) is 49.4. The van der Waals surface area contributed by atoms with Crippen molar-refractivity contribution >= 4 is 17.6 Å². The highest BCUT2D eigenvalue weighted by molar-refractivity contribution is 6.02. The summed E-state index contributed by atoms with van der Waals surface area (Å²) in [5.74, 6) is -0.862. The van der Waals surface area contributed by atoms with Gasteiger partial charge in [0.2, 0.25) is 5.78 Å². The topological polar surface area (TPSA) is 133 Å². The first-order valence-corrected chi connectivity index (χ1v) is 8.22. The Bertz CT molecular complexity index is 957. The van der Waals surface area contributed by atoms with Gasteiger partial charge >= 0.3 is 11.7 Å². The molecule has 0 radical (unpaired) electrons. The number of nitrogens with zero attached hydrogens (tertiary/aromatic N) is 1. The molecule has 0 atom stereocenters. The first-order valence-electron chi connectivity index (χ1n) is 8.22. The molecule has 0 bridgehead atoms. The van der Waals surface area contributed by atoms with Gasteiger partial charge in [-0.1, -0.05) is 13.8 Å². The normalized spacial score (nSPS) is 10.7. The van der Waals surface area contributed by atoms with Gasteiger partial charge in [-0.2, -0.15) is 0 Å². The fourth-order valence-electron chi connectivity index (χ4n) is 2.14. The number of carbonyl (C=O) groups is 2. The van der Waals surface area contributed by atoms with E-state index >= 15 is 0 Å². The van der Waals surface area contributed by atoms with Crippen LogP contribution in [0.2, 0.25) is 0 Å². The molecular weight excluding hydrogens is 354 g/mol. The number of aromatic nitrogens is 2. The summed E-state index contributed by atoms with van der Waals surface area (Å²) >= 11 is 0. The van der Waals surface area contributed by atoms with Crippen LogP contribution in [0.1, 0.15) is 34.6 Å². The van der Waals surface area contributed by atoms with Crippen LogP contribution in [-0.4, -0.2) is 34.5 Å². The van der Waals surface area contributed by atoms with Crippen molar-refractivity contribution in [2.75, 3.05) is 18.9 Å². The highest BCUT2D eigenvalue weighted by Crippen LogP contribution is 2.14. The number of esters is 1. The lowest BCUT2D eigenvalue weighted by atomic mass is 10.2. The highest BCUT2D eigenvalue weighted by atomic mass is 16.5. The second kappa shape index (κ2) is 8.35. The molecule has 1 aromatic carbocycles. The Morgan fingerprint density at radius 2 is 1.81 bits per heavy atom. The maximum atomic E-state index is 12.2. The first-order chi connectivity index (χ1) is 12.7. The summed E-state index contributed by atoms with van der Waals surface area (Å²) in [6.45, 7) is 3.90. The number of carbonyl (C=O) groups excluding carboxylic acids is 2. The average molecular weight is 375 g/mol. The van der Waals surface area contributed by atoms with Gasteiger partial charge in [0.25, 0.3) is 5.56 Å². The van der Waals surface area contributed by atoms with E-state index in [1.807, 2.05) is 18.8 Å². The van der Waals surface area contributed by atoms with Gasteiger partial charge in [0.15, 0.2) is 6.61 Å². The van der Waals surface area contributed by atoms with E-state index in [9.17, 15) is 19.2 Å². The van der Waals surface area contributed by atoms with Crippen LogP contribution in [0.15, 0.2) is 33.9 Å².